The highest BCUT2D eigenvalue weighted by Gasteiger charge is 2.46. The second-order valence-corrected chi connectivity index (χ2v) is 8.25. The Morgan fingerprint density at radius 1 is 1.27 bits per heavy atom. The minimum atomic E-state index is 0.142. The Morgan fingerprint density at radius 3 is 1.93 bits per heavy atom. The van der Waals surface area contributed by atoms with E-state index >= 15 is 0 Å². The van der Waals surface area contributed by atoms with Crippen molar-refractivity contribution in [1.29, 1.82) is 0 Å². The van der Waals surface area contributed by atoms with E-state index in [1.54, 1.807) is 0 Å². The molecular weight excluding hydrogens is 200 g/mol. The maximum Gasteiger partial charge on any atom is 0.0752 e. The summed E-state index contributed by atoms with van der Waals surface area (Å²) in [7, 11) is 5.60. The molecule has 0 aliphatic carbocycles. The molecule has 2 unspecified atom stereocenters. The Bertz CT molecular complexity index is 187. The molecule has 2 nitrogen and oxygen atoms in total. The van der Waals surface area contributed by atoms with Crippen LogP contribution in [0.4, 0.5) is 0 Å². The molecule has 3 heteroatoms. The molecule has 1 N–H and O–H groups in total. The van der Waals surface area contributed by atoms with Crippen molar-refractivity contribution in [3.63, 3.8) is 0 Å². The molecule has 0 radical (unpaired) electrons. The van der Waals surface area contributed by atoms with Gasteiger partial charge in [0.2, 0.25) is 0 Å². The highest BCUT2D eigenvalue weighted by molar-refractivity contribution is 6.15. The lowest BCUT2D eigenvalue weighted by Gasteiger charge is -2.54. The predicted molar refractivity (Wildman–Crippen MR) is 73.5 cm³/mol. The maximum atomic E-state index is 3.75. The van der Waals surface area contributed by atoms with Crippen molar-refractivity contribution in [1.82, 2.24) is 10.2 Å². The van der Waals surface area contributed by atoms with Crippen LogP contribution in [0.3, 0.4) is 0 Å². The molecule has 0 aromatic carbocycles. The molecule has 0 rings (SSSR count). The summed E-state index contributed by atoms with van der Waals surface area (Å²) in [5.74, 6) is 0.667. The summed E-state index contributed by atoms with van der Waals surface area (Å²) in [6, 6.07) is 0. The zero-order valence-corrected chi connectivity index (χ0v) is 13.9. The first-order valence-corrected chi connectivity index (χ1v) is 7.16. The lowest BCUT2D eigenvalue weighted by Crippen LogP contribution is -2.65. The van der Waals surface area contributed by atoms with E-state index < -0.39 is 0 Å². The highest BCUT2D eigenvalue weighted by Crippen LogP contribution is 2.42. The zero-order valence-electron chi connectivity index (χ0n) is 11.9. The van der Waals surface area contributed by atoms with Crippen LogP contribution in [0.15, 0.2) is 0 Å². The summed E-state index contributed by atoms with van der Waals surface area (Å²) in [6.07, 6.45) is 1.22. The van der Waals surface area contributed by atoms with Crippen molar-refractivity contribution in [2.75, 3.05) is 20.6 Å². The van der Waals surface area contributed by atoms with Gasteiger partial charge in [0.1, 0.15) is 0 Å². The van der Waals surface area contributed by atoms with E-state index in [1.165, 1.54) is 16.7 Å². The van der Waals surface area contributed by atoms with Gasteiger partial charge in [-0.1, -0.05) is 41.0 Å². The molecule has 0 aromatic rings. The second-order valence-electron chi connectivity index (χ2n) is 5.75. The second kappa shape index (κ2) is 5.46. The molecular formula is C12H30N2Si. The third-order valence-electron chi connectivity index (χ3n) is 3.62. The van der Waals surface area contributed by atoms with Crippen LogP contribution < -0.4 is 5.32 Å². The Morgan fingerprint density at radius 2 is 1.73 bits per heavy atom. The predicted octanol–water partition coefficient (Wildman–Crippen LogP) is 1.46. The fourth-order valence-electron chi connectivity index (χ4n) is 3.01. The SMILES string of the molecule is CCNC(C(C)CC)(N(C)C)C(C)(C)[SiH3]. The Hall–Kier alpha value is 0.137. The first-order valence-electron chi connectivity index (χ1n) is 6.16. The first-order chi connectivity index (χ1) is 6.74. The van der Waals surface area contributed by atoms with Crippen LogP contribution in [0.5, 0.6) is 0 Å². The zero-order chi connectivity index (χ0) is 12.3. The molecule has 0 spiro atoms. The Kier molecular flexibility index (Phi) is 5.51. The van der Waals surface area contributed by atoms with E-state index in [4.69, 9.17) is 0 Å². The van der Waals surface area contributed by atoms with Gasteiger partial charge in [-0.05, 0) is 31.6 Å². The van der Waals surface area contributed by atoms with Crippen molar-refractivity contribution in [3.8, 4) is 0 Å². The molecule has 0 amide bonds. The third kappa shape index (κ3) is 2.83. The normalized spacial score (nSPS) is 19.2. The quantitative estimate of drug-likeness (QED) is 0.549. The molecule has 2 atom stereocenters. The summed E-state index contributed by atoms with van der Waals surface area (Å²) in [5, 5.41) is 4.11. The number of nitrogens with zero attached hydrogens (tertiary/aromatic N) is 1. The van der Waals surface area contributed by atoms with Crippen molar-refractivity contribution in [2.24, 2.45) is 5.92 Å². The fourth-order valence-corrected chi connectivity index (χ4v) is 4.13. The van der Waals surface area contributed by atoms with Crippen molar-refractivity contribution < 1.29 is 0 Å². The van der Waals surface area contributed by atoms with Gasteiger partial charge in [-0.3, -0.25) is 10.2 Å². The van der Waals surface area contributed by atoms with Gasteiger partial charge in [-0.25, -0.2) is 0 Å². The van der Waals surface area contributed by atoms with Crippen molar-refractivity contribution in [2.45, 2.75) is 51.7 Å². The van der Waals surface area contributed by atoms with Crippen molar-refractivity contribution in [3.05, 3.63) is 0 Å². The number of nitrogens with one attached hydrogen (secondary N) is 1. The maximum absolute atomic E-state index is 3.75. The summed E-state index contributed by atoms with van der Waals surface area (Å²) in [6.45, 7) is 12.7. The lowest BCUT2D eigenvalue weighted by atomic mass is 9.80. The number of rotatable bonds is 6. The number of hydrogen-bond acceptors (Lipinski definition) is 2. The van der Waals surface area contributed by atoms with Crippen LogP contribution in [0.25, 0.3) is 0 Å². The van der Waals surface area contributed by atoms with Gasteiger partial charge in [0.25, 0.3) is 0 Å². The van der Waals surface area contributed by atoms with Gasteiger partial charge in [0.05, 0.1) is 5.66 Å². The molecule has 0 fully saturated rings. The van der Waals surface area contributed by atoms with Crippen LogP contribution in [-0.2, 0) is 0 Å². The molecule has 92 valence electrons. The van der Waals surface area contributed by atoms with Gasteiger partial charge < -0.3 is 0 Å². The standard InChI is InChI=1S/C12H30N2Si/c1-8-10(3)12(13-9-2,14(6)7)11(4,5)15/h10,13H,8-9H2,1-7,15H3. The molecule has 0 aliphatic rings. The van der Waals surface area contributed by atoms with Crippen LogP contribution in [0, 0.1) is 5.92 Å². The average Bonchev–Trinajstić information content (AvgIpc) is 2.10. The molecule has 15 heavy (non-hydrogen) atoms. The largest absolute Gasteiger partial charge is 0.299 e. The number of hydrogen-bond donors (Lipinski definition) is 1. The monoisotopic (exact) mass is 230 g/mol. The minimum Gasteiger partial charge on any atom is -0.299 e. The van der Waals surface area contributed by atoms with E-state index in [9.17, 15) is 0 Å². The van der Waals surface area contributed by atoms with E-state index in [2.05, 4.69) is 58.9 Å². The van der Waals surface area contributed by atoms with E-state index in [-0.39, 0.29) is 5.66 Å². The summed E-state index contributed by atoms with van der Waals surface area (Å²) < 4.78 is 0. The van der Waals surface area contributed by atoms with Crippen LogP contribution >= 0.6 is 0 Å². The Balaban J connectivity index is 5.27. The summed E-state index contributed by atoms with van der Waals surface area (Å²) in [5.41, 5.74) is 0.142. The molecule has 0 aromatic heterocycles. The molecule has 0 heterocycles. The topological polar surface area (TPSA) is 15.3 Å². The molecule has 0 saturated carbocycles. The third-order valence-corrected chi connectivity index (χ3v) is 4.38. The first kappa shape index (κ1) is 15.1. The smallest absolute Gasteiger partial charge is 0.0752 e. The molecule has 0 bridgehead atoms. The van der Waals surface area contributed by atoms with Crippen LogP contribution in [-0.4, -0.2) is 41.4 Å². The van der Waals surface area contributed by atoms with Gasteiger partial charge in [0.15, 0.2) is 0 Å². The van der Waals surface area contributed by atoms with E-state index in [0.29, 0.717) is 11.0 Å². The van der Waals surface area contributed by atoms with Gasteiger partial charge in [-0.15, -0.1) is 0 Å². The van der Waals surface area contributed by atoms with Crippen LogP contribution in [0.1, 0.15) is 41.0 Å². The van der Waals surface area contributed by atoms with E-state index in [1.807, 2.05) is 0 Å². The molecule has 0 aliphatic heterocycles. The van der Waals surface area contributed by atoms with Crippen LogP contribution in [0.2, 0.25) is 5.04 Å². The van der Waals surface area contributed by atoms with Gasteiger partial charge >= 0.3 is 0 Å². The molecule has 0 saturated heterocycles. The fraction of sp³-hybridized carbons (Fsp3) is 1.00. The summed E-state index contributed by atoms with van der Waals surface area (Å²) >= 11 is 0. The lowest BCUT2D eigenvalue weighted by molar-refractivity contribution is 0.0120. The Labute approximate surface area is 99.2 Å². The van der Waals surface area contributed by atoms with Gasteiger partial charge in [-0.2, -0.15) is 0 Å². The average molecular weight is 230 g/mol. The summed E-state index contributed by atoms with van der Waals surface area (Å²) in [4.78, 5) is 2.39. The van der Waals surface area contributed by atoms with Crippen molar-refractivity contribution >= 4 is 10.2 Å². The van der Waals surface area contributed by atoms with Gasteiger partial charge in [0, 0.05) is 10.2 Å². The highest BCUT2D eigenvalue weighted by atomic mass is 28.1. The minimum absolute atomic E-state index is 0.142. The van der Waals surface area contributed by atoms with E-state index in [0.717, 1.165) is 6.54 Å².